The Morgan fingerprint density at radius 1 is 1.40 bits per heavy atom. The minimum absolute atomic E-state index is 0.0139. The first-order valence-electron chi connectivity index (χ1n) is 3.42. The van der Waals surface area contributed by atoms with E-state index in [0.717, 1.165) is 6.42 Å². The lowest BCUT2D eigenvalue weighted by atomic mass is 10.1. The SMILES string of the molecule is O=C1O[C@@H]2C=CC=C[C@@H]1C2. The van der Waals surface area contributed by atoms with Crippen LogP contribution in [0.3, 0.4) is 0 Å². The smallest absolute Gasteiger partial charge is 0.313 e. The number of hydrogen-bond acceptors (Lipinski definition) is 2. The first kappa shape index (κ1) is 5.71. The number of rotatable bonds is 0. The molecule has 0 N–H and O–H groups in total. The second-order valence-corrected chi connectivity index (χ2v) is 2.59. The molecule has 2 heteroatoms. The number of hydrogen-bond donors (Lipinski definition) is 0. The zero-order valence-electron chi connectivity index (χ0n) is 5.49. The monoisotopic (exact) mass is 136 g/mol. The Bertz CT molecular complexity index is 215. The summed E-state index contributed by atoms with van der Waals surface area (Å²) in [4.78, 5) is 10.9. The first-order chi connectivity index (χ1) is 4.86. The number of fused-ring (bicyclic) bond motifs is 2. The van der Waals surface area contributed by atoms with Crippen molar-refractivity contribution in [1.29, 1.82) is 0 Å². The molecule has 52 valence electrons. The lowest BCUT2D eigenvalue weighted by Crippen LogP contribution is -2.05. The number of carbonyl (C=O) groups is 1. The molecule has 1 aliphatic heterocycles. The standard InChI is InChI=1S/C8H8O2/c9-8-6-3-1-2-4-7(5-6)10-8/h1-4,6-7H,5H2/t6-,7-/m1/s1. The fourth-order valence-electron chi connectivity index (χ4n) is 1.29. The summed E-state index contributed by atoms with van der Waals surface area (Å²) in [6.45, 7) is 0. The highest BCUT2D eigenvalue weighted by molar-refractivity contribution is 5.77. The van der Waals surface area contributed by atoms with Crippen molar-refractivity contribution in [2.45, 2.75) is 12.5 Å². The summed E-state index contributed by atoms with van der Waals surface area (Å²) in [5.74, 6) is -0.0643. The van der Waals surface area contributed by atoms with Crippen molar-refractivity contribution in [3.8, 4) is 0 Å². The molecule has 2 rings (SSSR count). The van der Waals surface area contributed by atoms with Gasteiger partial charge in [0.2, 0.25) is 0 Å². The van der Waals surface area contributed by atoms with Gasteiger partial charge in [-0.15, -0.1) is 0 Å². The van der Waals surface area contributed by atoms with E-state index in [2.05, 4.69) is 0 Å². The summed E-state index contributed by atoms with van der Waals surface area (Å²) < 4.78 is 4.99. The summed E-state index contributed by atoms with van der Waals surface area (Å²) in [6, 6.07) is 0. The van der Waals surface area contributed by atoms with Gasteiger partial charge in [0.05, 0.1) is 5.92 Å². The van der Waals surface area contributed by atoms with Gasteiger partial charge in [0.15, 0.2) is 0 Å². The van der Waals surface area contributed by atoms with Gasteiger partial charge in [0, 0.05) is 6.42 Å². The third kappa shape index (κ3) is 0.764. The van der Waals surface area contributed by atoms with E-state index in [-0.39, 0.29) is 18.0 Å². The maximum atomic E-state index is 10.9. The zero-order valence-corrected chi connectivity index (χ0v) is 5.49. The molecule has 0 spiro atoms. The van der Waals surface area contributed by atoms with Crippen molar-refractivity contribution in [2.75, 3.05) is 0 Å². The van der Waals surface area contributed by atoms with Gasteiger partial charge in [-0.05, 0) is 6.08 Å². The molecule has 2 aliphatic rings. The Morgan fingerprint density at radius 3 is 3.10 bits per heavy atom. The van der Waals surface area contributed by atoms with Crippen LogP contribution in [-0.2, 0) is 9.53 Å². The first-order valence-corrected chi connectivity index (χ1v) is 3.42. The molecule has 2 nitrogen and oxygen atoms in total. The minimum atomic E-state index is -0.0781. The average molecular weight is 136 g/mol. The molecule has 0 radical (unpaired) electrons. The Hall–Kier alpha value is -1.05. The summed E-state index contributed by atoms with van der Waals surface area (Å²) in [5, 5.41) is 0. The molecule has 1 fully saturated rings. The van der Waals surface area contributed by atoms with E-state index in [9.17, 15) is 4.79 Å². The number of carbonyl (C=O) groups excluding carboxylic acids is 1. The van der Waals surface area contributed by atoms with Crippen LogP contribution in [0.2, 0.25) is 0 Å². The fraction of sp³-hybridized carbons (Fsp3) is 0.375. The molecule has 0 saturated carbocycles. The molecular formula is C8H8O2. The van der Waals surface area contributed by atoms with Crippen LogP contribution < -0.4 is 0 Å². The predicted molar refractivity (Wildman–Crippen MR) is 36.3 cm³/mol. The summed E-state index contributed by atoms with van der Waals surface area (Å²) in [7, 11) is 0. The van der Waals surface area contributed by atoms with Crippen molar-refractivity contribution in [2.24, 2.45) is 5.92 Å². The number of allylic oxidation sites excluding steroid dienone is 2. The third-order valence-electron chi connectivity index (χ3n) is 1.84. The maximum absolute atomic E-state index is 10.9. The Morgan fingerprint density at radius 2 is 2.20 bits per heavy atom. The predicted octanol–water partition coefficient (Wildman–Crippen LogP) is 1.04. The van der Waals surface area contributed by atoms with Crippen LogP contribution in [0.15, 0.2) is 24.3 Å². The van der Waals surface area contributed by atoms with Gasteiger partial charge in [-0.2, -0.15) is 0 Å². The van der Waals surface area contributed by atoms with E-state index >= 15 is 0 Å². The van der Waals surface area contributed by atoms with E-state index < -0.39 is 0 Å². The Balaban J connectivity index is 2.29. The quantitative estimate of drug-likeness (QED) is 0.465. The number of ether oxygens (including phenoxy) is 1. The molecule has 0 aromatic rings. The third-order valence-corrected chi connectivity index (χ3v) is 1.84. The lowest BCUT2D eigenvalue weighted by molar-refractivity contribution is -0.142. The van der Waals surface area contributed by atoms with Crippen molar-refractivity contribution >= 4 is 5.97 Å². The minimum Gasteiger partial charge on any atom is -0.458 e. The second-order valence-electron chi connectivity index (χ2n) is 2.59. The summed E-state index contributed by atoms with van der Waals surface area (Å²) in [5.41, 5.74) is 0. The molecule has 2 atom stereocenters. The zero-order chi connectivity index (χ0) is 6.97. The van der Waals surface area contributed by atoms with Gasteiger partial charge in [0.25, 0.3) is 0 Å². The Kier molecular flexibility index (Phi) is 1.13. The van der Waals surface area contributed by atoms with E-state index in [1.807, 2.05) is 24.3 Å². The van der Waals surface area contributed by atoms with Gasteiger partial charge >= 0.3 is 5.97 Å². The van der Waals surface area contributed by atoms with Crippen LogP contribution in [-0.4, -0.2) is 12.1 Å². The fourth-order valence-corrected chi connectivity index (χ4v) is 1.29. The maximum Gasteiger partial charge on any atom is 0.313 e. The van der Waals surface area contributed by atoms with Crippen LogP contribution in [0.1, 0.15) is 6.42 Å². The molecule has 0 amide bonds. The van der Waals surface area contributed by atoms with E-state index in [4.69, 9.17) is 4.74 Å². The van der Waals surface area contributed by atoms with Gasteiger partial charge < -0.3 is 4.74 Å². The van der Waals surface area contributed by atoms with E-state index in [1.54, 1.807) is 0 Å². The van der Waals surface area contributed by atoms with Gasteiger partial charge in [-0.3, -0.25) is 4.79 Å². The number of esters is 1. The van der Waals surface area contributed by atoms with E-state index in [1.165, 1.54) is 0 Å². The van der Waals surface area contributed by atoms with Crippen LogP contribution in [0.25, 0.3) is 0 Å². The largest absolute Gasteiger partial charge is 0.458 e. The molecule has 0 aromatic carbocycles. The lowest BCUT2D eigenvalue weighted by Gasteiger charge is -1.99. The van der Waals surface area contributed by atoms with Crippen molar-refractivity contribution in [1.82, 2.24) is 0 Å². The summed E-state index contributed by atoms with van der Waals surface area (Å²) >= 11 is 0. The highest BCUT2D eigenvalue weighted by atomic mass is 16.5. The topological polar surface area (TPSA) is 26.3 Å². The summed E-state index contributed by atoms with van der Waals surface area (Å²) in [6.07, 6.45) is 8.51. The van der Waals surface area contributed by atoms with Crippen LogP contribution in [0, 0.1) is 5.92 Å². The van der Waals surface area contributed by atoms with Crippen LogP contribution >= 0.6 is 0 Å². The molecule has 1 heterocycles. The van der Waals surface area contributed by atoms with Gasteiger partial charge in [0.1, 0.15) is 6.10 Å². The second kappa shape index (κ2) is 1.97. The molecule has 0 aromatic heterocycles. The Labute approximate surface area is 59.2 Å². The molecule has 2 bridgehead atoms. The molecule has 0 unspecified atom stereocenters. The highest BCUT2D eigenvalue weighted by Gasteiger charge is 2.31. The van der Waals surface area contributed by atoms with Gasteiger partial charge in [-0.1, -0.05) is 18.2 Å². The highest BCUT2D eigenvalue weighted by Crippen LogP contribution is 2.24. The van der Waals surface area contributed by atoms with Gasteiger partial charge in [-0.25, -0.2) is 0 Å². The van der Waals surface area contributed by atoms with Crippen LogP contribution in [0.5, 0.6) is 0 Å². The van der Waals surface area contributed by atoms with E-state index in [0.29, 0.717) is 0 Å². The molecule has 10 heavy (non-hydrogen) atoms. The normalized spacial score (nSPS) is 35.8. The van der Waals surface area contributed by atoms with Crippen LogP contribution in [0.4, 0.5) is 0 Å². The average Bonchev–Trinajstić information content (AvgIpc) is 2.18. The molecular weight excluding hydrogens is 128 g/mol. The molecule has 1 aliphatic carbocycles. The van der Waals surface area contributed by atoms with Crippen molar-refractivity contribution in [3.05, 3.63) is 24.3 Å². The van der Waals surface area contributed by atoms with Crippen molar-refractivity contribution < 1.29 is 9.53 Å². The molecule has 1 saturated heterocycles. The van der Waals surface area contributed by atoms with Crippen molar-refractivity contribution in [3.63, 3.8) is 0 Å².